The van der Waals surface area contributed by atoms with Gasteiger partial charge in [0.25, 0.3) is 0 Å². The third-order valence-electron chi connectivity index (χ3n) is 3.88. The van der Waals surface area contributed by atoms with Crippen LogP contribution in [0.1, 0.15) is 37.0 Å². The zero-order valence-electron chi connectivity index (χ0n) is 13.2. The molecular formula is C19H23NO2. The zero-order chi connectivity index (χ0) is 16.0. The summed E-state index contributed by atoms with van der Waals surface area (Å²) in [6, 6.07) is 17.3. The number of carbonyl (C=O) groups is 1. The minimum Gasteiger partial charge on any atom is -0.385 e. The highest BCUT2D eigenvalue weighted by atomic mass is 16.3. The van der Waals surface area contributed by atoms with Gasteiger partial charge in [0.15, 0.2) is 0 Å². The topological polar surface area (TPSA) is 49.3 Å². The maximum Gasteiger partial charge on any atom is 0.223 e. The van der Waals surface area contributed by atoms with E-state index < -0.39 is 5.60 Å². The van der Waals surface area contributed by atoms with E-state index in [0.717, 1.165) is 17.5 Å². The molecule has 0 saturated heterocycles. The number of hydrogen-bond donors (Lipinski definition) is 2. The molecule has 3 heteroatoms. The van der Waals surface area contributed by atoms with E-state index in [1.807, 2.05) is 48.5 Å². The first-order valence-corrected chi connectivity index (χ1v) is 7.64. The van der Waals surface area contributed by atoms with Crippen LogP contribution >= 0.6 is 0 Å². The second-order valence-electron chi connectivity index (χ2n) is 5.72. The fourth-order valence-electron chi connectivity index (χ4n) is 2.54. The van der Waals surface area contributed by atoms with E-state index in [9.17, 15) is 9.90 Å². The van der Waals surface area contributed by atoms with Crippen LogP contribution in [-0.4, -0.2) is 11.0 Å². The van der Waals surface area contributed by atoms with Gasteiger partial charge in [0.2, 0.25) is 5.91 Å². The van der Waals surface area contributed by atoms with E-state index in [1.165, 1.54) is 5.56 Å². The summed E-state index contributed by atoms with van der Waals surface area (Å²) in [7, 11) is 0. The standard InChI is InChI=1S/C19H23NO2/c1-3-15-9-7-8-10-16(15)14-20-18(21)13-19(2,22)17-11-5-4-6-12-17/h4-12,22H,3,13-14H2,1-2H3,(H,20,21). The van der Waals surface area contributed by atoms with E-state index in [-0.39, 0.29) is 12.3 Å². The molecule has 0 bridgehead atoms. The van der Waals surface area contributed by atoms with Crippen molar-refractivity contribution in [1.29, 1.82) is 0 Å². The molecule has 0 saturated carbocycles. The molecule has 2 rings (SSSR count). The number of aryl methyl sites for hydroxylation is 1. The third kappa shape index (κ3) is 4.18. The Bertz CT molecular complexity index is 620. The van der Waals surface area contributed by atoms with Gasteiger partial charge in [0.1, 0.15) is 0 Å². The second kappa shape index (κ2) is 7.23. The Balaban J connectivity index is 1.96. The summed E-state index contributed by atoms with van der Waals surface area (Å²) in [5.74, 6) is -0.153. The fourth-order valence-corrected chi connectivity index (χ4v) is 2.54. The Labute approximate surface area is 132 Å². The summed E-state index contributed by atoms with van der Waals surface area (Å²) >= 11 is 0. The van der Waals surface area contributed by atoms with E-state index in [4.69, 9.17) is 0 Å². The Kier molecular flexibility index (Phi) is 5.34. The molecule has 2 aromatic carbocycles. The molecule has 0 radical (unpaired) electrons. The molecule has 0 heterocycles. The van der Waals surface area contributed by atoms with Crippen LogP contribution in [0.5, 0.6) is 0 Å². The lowest BCUT2D eigenvalue weighted by atomic mass is 9.92. The van der Waals surface area contributed by atoms with Crippen molar-refractivity contribution >= 4 is 5.91 Å². The number of aliphatic hydroxyl groups is 1. The number of hydrogen-bond acceptors (Lipinski definition) is 2. The van der Waals surface area contributed by atoms with Gasteiger partial charge in [-0.3, -0.25) is 4.79 Å². The molecule has 2 N–H and O–H groups in total. The third-order valence-corrected chi connectivity index (χ3v) is 3.88. The smallest absolute Gasteiger partial charge is 0.223 e. The molecule has 3 nitrogen and oxygen atoms in total. The molecule has 1 unspecified atom stereocenters. The van der Waals surface area contributed by atoms with Crippen LogP contribution in [0.25, 0.3) is 0 Å². The maximum absolute atomic E-state index is 12.1. The van der Waals surface area contributed by atoms with Gasteiger partial charge in [-0.15, -0.1) is 0 Å². The van der Waals surface area contributed by atoms with Gasteiger partial charge in [0.05, 0.1) is 12.0 Å². The monoisotopic (exact) mass is 297 g/mol. The molecule has 22 heavy (non-hydrogen) atoms. The van der Waals surface area contributed by atoms with Crippen molar-refractivity contribution in [3.8, 4) is 0 Å². The lowest BCUT2D eigenvalue weighted by Crippen LogP contribution is -2.32. The summed E-state index contributed by atoms with van der Waals surface area (Å²) in [5, 5.41) is 13.4. The number of benzene rings is 2. The van der Waals surface area contributed by atoms with E-state index in [2.05, 4.69) is 18.3 Å². The molecular weight excluding hydrogens is 274 g/mol. The second-order valence-corrected chi connectivity index (χ2v) is 5.72. The first kappa shape index (κ1) is 16.2. The largest absolute Gasteiger partial charge is 0.385 e. The maximum atomic E-state index is 12.1. The predicted molar refractivity (Wildman–Crippen MR) is 88.3 cm³/mol. The predicted octanol–water partition coefficient (Wildman–Crippen LogP) is 3.16. The Morgan fingerprint density at radius 3 is 2.27 bits per heavy atom. The number of rotatable bonds is 6. The Morgan fingerprint density at radius 1 is 1.05 bits per heavy atom. The van der Waals surface area contributed by atoms with Gasteiger partial charge in [-0.25, -0.2) is 0 Å². The van der Waals surface area contributed by atoms with Gasteiger partial charge in [-0.05, 0) is 30.0 Å². The van der Waals surface area contributed by atoms with Crippen molar-refractivity contribution in [2.24, 2.45) is 0 Å². The lowest BCUT2D eigenvalue weighted by Gasteiger charge is -2.23. The number of carbonyl (C=O) groups excluding carboxylic acids is 1. The van der Waals surface area contributed by atoms with Gasteiger partial charge >= 0.3 is 0 Å². The van der Waals surface area contributed by atoms with Crippen molar-refractivity contribution < 1.29 is 9.90 Å². The molecule has 0 spiro atoms. The molecule has 0 fully saturated rings. The minimum absolute atomic E-state index is 0.0469. The van der Waals surface area contributed by atoms with Gasteiger partial charge in [-0.1, -0.05) is 61.5 Å². The Hall–Kier alpha value is -2.13. The molecule has 1 atom stereocenters. The van der Waals surface area contributed by atoms with Crippen molar-refractivity contribution in [2.45, 2.75) is 38.8 Å². The molecule has 0 aromatic heterocycles. The van der Waals surface area contributed by atoms with Gasteiger partial charge in [0, 0.05) is 6.54 Å². The quantitative estimate of drug-likeness (QED) is 0.860. The van der Waals surface area contributed by atoms with Crippen LogP contribution in [0.2, 0.25) is 0 Å². The van der Waals surface area contributed by atoms with Crippen LogP contribution in [-0.2, 0) is 23.4 Å². The van der Waals surface area contributed by atoms with Crippen molar-refractivity contribution in [2.75, 3.05) is 0 Å². The average molecular weight is 297 g/mol. The van der Waals surface area contributed by atoms with E-state index in [0.29, 0.717) is 6.54 Å². The summed E-state index contributed by atoms with van der Waals surface area (Å²) in [4.78, 5) is 12.1. The highest BCUT2D eigenvalue weighted by Crippen LogP contribution is 2.24. The highest BCUT2D eigenvalue weighted by Gasteiger charge is 2.26. The fraction of sp³-hybridized carbons (Fsp3) is 0.316. The van der Waals surface area contributed by atoms with Gasteiger partial charge in [-0.2, -0.15) is 0 Å². The van der Waals surface area contributed by atoms with Crippen LogP contribution in [0.4, 0.5) is 0 Å². The minimum atomic E-state index is -1.16. The SMILES string of the molecule is CCc1ccccc1CNC(=O)CC(C)(O)c1ccccc1. The van der Waals surface area contributed by atoms with Crippen LogP contribution in [0.3, 0.4) is 0 Å². The van der Waals surface area contributed by atoms with Crippen LogP contribution in [0, 0.1) is 0 Å². The first-order valence-electron chi connectivity index (χ1n) is 7.64. The van der Waals surface area contributed by atoms with E-state index >= 15 is 0 Å². The van der Waals surface area contributed by atoms with Crippen LogP contribution < -0.4 is 5.32 Å². The van der Waals surface area contributed by atoms with Crippen LogP contribution in [0.15, 0.2) is 54.6 Å². The molecule has 1 amide bonds. The molecule has 0 aliphatic rings. The summed E-state index contributed by atoms with van der Waals surface area (Å²) in [6.07, 6.45) is 0.985. The highest BCUT2D eigenvalue weighted by molar-refractivity contribution is 5.77. The molecule has 116 valence electrons. The molecule has 2 aromatic rings. The van der Waals surface area contributed by atoms with E-state index in [1.54, 1.807) is 6.92 Å². The molecule has 0 aliphatic carbocycles. The Morgan fingerprint density at radius 2 is 1.64 bits per heavy atom. The molecule has 0 aliphatic heterocycles. The number of nitrogens with one attached hydrogen (secondary N) is 1. The van der Waals surface area contributed by atoms with Crippen molar-refractivity contribution in [3.05, 3.63) is 71.3 Å². The average Bonchev–Trinajstić information content (AvgIpc) is 2.53. The lowest BCUT2D eigenvalue weighted by molar-refractivity contribution is -0.126. The van der Waals surface area contributed by atoms with Crippen molar-refractivity contribution in [1.82, 2.24) is 5.32 Å². The van der Waals surface area contributed by atoms with Gasteiger partial charge < -0.3 is 10.4 Å². The zero-order valence-corrected chi connectivity index (χ0v) is 13.2. The first-order chi connectivity index (χ1) is 10.5. The summed E-state index contributed by atoms with van der Waals surface area (Å²) in [6.45, 7) is 4.26. The van der Waals surface area contributed by atoms with Crippen molar-refractivity contribution in [3.63, 3.8) is 0 Å². The summed E-state index contributed by atoms with van der Waals surface area (Å²) in [5.41, 5.74) is 1.95. The number of amides is 1. The summed E-state index contributed by atoms with van der Waals surface area (Å²) < 4.78 is 0. The normalized spacial score (nSPS) is 13.4.